The van der Waals surface area contributed by atoms with Gasteiger partial charge < -0.3 is 11.1 Å². The second kappa shape index (κ2) is 5.27. The van der Waals surface area contributed by atoms with Crippen LogP contribution in [0, 0.1) is 12.7 Å². The largest absolute Gasteiger partial charge is 0.346 e. The number of hydrogen-bond donors (Lipinski definition) is 2. The Morgan fingerprint density at radius 3 is 2.65 bits per heavy atom. The van der Waals surface area contributed by atoms with Crippen LogP contribution in [-0.4, -0.2) is 18.0 Å². The fraction of sp³-hybridized carbons (Fsp3) is 0.462. The van der Waals surface area contributed by atoms with Gasteiger partial charge in [0.25, 0.3) is 5.91 Å². The normalized spacial score (nSPS) is 14.2. The minimum absolute atomic E-state index is 0.211. The van der Waals surface area contributed by atoms with Crippen LogP contribution in [0.5, 0.6) is 0 Å². The molecular weight excluding hydrogens is 219 g/mol. The smallest absolute Gasteiger partial charge is 0.252 e. The first-order valence-corrected chi connectivity index (χ1v) is 5.70. The van der Waals surface area contributed by atoms with E-state index < -0.39 is 5.54 Å². The Morgan fingerprint density at radius 2 is 2.18 bits per heavy atom. The van der Waals surface area contributed by atoms with Gasteiger partial charge in [-0.25, -0.2) is 4.39 Å². The van der Waals surface area contributed by atoms with Crippen molar-refractivity contribution < 1.29 is 9.18 Å². The summed E-state index contributed by atoms with van der Waals surface area (Å²) in [6.07, 6.45) is 0.746. The van der Waals surface area contributed by atoms with Crippen molar-refractivity contribution in [3.05, 3.63) is 35.1 Å². The van der Waals surface area contributed by atoms with E-state index in [9.17, 15) is 9.18 Å². The van der Waals surface area contributed by atoms with Crippen molar-refractivity contribution >= 4 is 5.91 Å². The molecule has 3 N–H and O–H groups in total. The number of rotatable bonds is 4. The first-order valence-electron chi connectivity index (χ1n) is 5.70. The molecule has 0 bridgehead atoms. The van der Waals surface area contributed by atoms with Crippen LogP contribution in [0.4, 0.5) is 4.39 Å². The van der Waals surface area contributed by atoms with Crippen molar-refractivity contribution in [2.75, 3.05) is 6.54 Å². The van der Waals surface area contributed by atoms with Gasteiger partial charge in [-0.05, 0) is 44.0 Å². The molecule has 1 aromatic carbocycles. The molecule has 1 atom stereocenters. The first kappa shape index (κ1) is 13.6. The van der Waals surface area contributed by atoms with Gasteiger partial charge in [-0.3, -0.25) is 4.79 Å². The van der Waals surface area contributed by atoms with Crippen LogP contribution in [0.1, 0.15) is 36.2 Å². The van der Waals surface area contributed by atoms with Crippen LogP contribution >= 0.6 is 0 Å². The molecule has 1 aromatic rings. The summed E-state index contributed by atoms with van der Waals surface area (Å²) in [5, 5.41) is 2.88. The molecule has 0 heterocycles. The van der Waals surface area contributed by atoms with E-state index in [2.05, 4.69) is 5.32 Å². The second-order valence-electron chi connectivity index (χ2n) is 4.53. The molecule has 1 amide bonds. The number of carbonyl (C=O) groups is 1. The van der Waals surface area contributed by atoms with Gasteiger partial charge in [0.1, 0.15) is 5.82 Å². The summed E-state index contributed by atoms with van der Waals surface area (Å²) in [4.78, 5) is 12.0. The Morgan fingerprint density at radius 1 is 1.53 bits per heavy atom. The van der Waals surface area contributed by atoms with Crippen LogP contribution in [0.25, 0.3) is 0 Å². The Hall–Kier alpha value is -1.42. The van der Waals surface area contributed by atoms with E-state index in [1.165, 1.54) is 18.2 Å². The number of amides is 1. The molecule has 0 saturated heterocycles. The number of hydrogen-bond acceptors (Lipinski definition) is 2. The average Bonchev–Trinajstić information content (AvgIpc) is 2.28. The van der Waals surface area contributed by atoms with Crippen LogP contribution in [-0.2, 0) is 0 Å². The summed E-state index contributed by atoms with van der Waals surface area (Å²) in [6.45, 7) is 5.94. The van der Waals surface area contributed by atoms with Crippen molar-refractivity contribution in [1.82, 2.24) is 5.32 Å². The van der Waals surface area contributed by atoms with Gasteiger partial charge >= 0.3 is 0 Å². The number of nitrogens with two attached hydrogens (primary N) is 1. The Labute approximate surface area is 101 Å². The molecule has 0 fully saturated rings. The molecule has 0 spiro atoms. The van der Waals surface area contributed by atoms with Crippen molar-refractivity contribution in [1.29, 1.82) is 0 Å². The lowest BCUT2D eigenvalue weighted by molar-refractivity contribution is 0.0906. The number of carbonyl (C=O) groups excluding carboxylic acids is 1. The molecule has 0 aliphatic heterocycles. The molecule has 3 nitrogen and oxygen atoms in total. The van der Waals surface area contributed by atoms with Crippen molar-refractivity contribution in [2.45, 2.75) is 32.7 Å². The van der Waals surface area contributed by atoms with Gasteiger partial charge in [0.2, 0.25) is 0 Å². The third-order valence-electron chi connectivity index (χ3n) is 3.08. The Bertz CT molecular complexity index is 414. The molecule has 1 rings (SSSR count). The highest BCUT2D eigenvalue weighted by Crippen LogP contribution is 2.13. The lowest BCUT2D eigenvalue weighted by atomic mass is 9.98. The summed E-state index contributed by atoms with van der Waals surface area (Å²) in [5.41, 5.74) is 6.32. The maximum absolute atomic E-state index is 12.9. The van der Waals surface area contributed by atoms with Crippen molar-refractivity contribution in [3.8, 4) is 0 Å². The highest BCUT2D eigenvalue weighted by atomic mass is 19.1. The molecule has 0 saturated carbocycles. The minimum Gasteiger partial charge on any atom is -0.346 e. The zero-order valence-corrected chi connectivity index (χ0v) is 10.5. The predicted octanol–water partition coefficient (Wildman–Crippen LogP) is 1.99. The summed E-state index contributed by atoms with van der Waals surface area (Å²) >= 11 is 0. The molecule has 0 radical (unpaired) electrons. The lowest BCUT2D eigenvalue weighted by Gasteiger charge is -2.28. The van der Waals surface area contributed by atoms with Crippen LogP contribution < -0.4 is 11.1 Å². The summed E-state index contributed by atoms with van der Waals surface area (Å²) in [7, 11) is 0. The first-order chi connectivity index (χ1) is 7.91. The molecular formula is C13H19FN2O. The average molecular weight is 238 g/mol. The van der Waals surface area contributed by atoms with Gasteiger partial charge in [-0.1, -0.05) is 6.92 Å². The molecule has 0 aliphatic rings. The maximum atomic E-state index is 12.9. The van der Waals surface area contributed by atoms with E-state index in [4.69, 9.17) is 5.73 Å². The van der Waals surface area contributed by atoms with Crippen molar-refractivity contribution in [2.24, 2.45) is 5.73 Å². The standard InChI is InChI=1S/C13H19FN2O/c1-4-13(3,8-15)16-12(17)11-6-5-10(14)7-9(11)2/h5-7H,4,8,15H2,1-3H3,(H,16,17). The molecule has 17 heavy (non-hydrogen) atoms. The maximum Gasteiger partial charge on any atom is 0.252 e. The van der Waals surface area contributed by atoms with E-state index in [1.807, 2.05) is 13.8 Å². The zero-order chi connectivity index (χ0) is 13.1. The van der Waals surface area contributed by atoms with Crippen molar-refractivity contribution in [3.63, 3.8) is 0 Å². The highest BCUT2D eigenvalue weighted by molar-refractivity contribution is 5.96. The molecule has 1 unspecified atom stereocenters. The highest BCUT2D eigenvalue weighted by Gasteiger charge is 2.23. The van der Waals surface area contributed by atoms with E-state index >= 15 is 0 Å². The van der Waals surface area contributed by atoms with Crippen LogP contribution in [0.15, 0.2) is 18.2 Å². The van der Waals surface area contributed by atoms with Gasteiger partial charge in [0.05, 0.1) is 0 Å². The topological polar surface area (TPSA) is 55.1 Å². The van der Waals surface area contributed by atoms with Gasteiger partial charge in [-0.2, -0.15) is 0 Å². The van der Waals surface area contributed by atoms with Gasteiger partial charge in [-0.15, -0.1) is 0 Å². The number of halogens is 1. The number of aryl methyl sites for hydroxylation is 1. The predicted molar refractivity (Wildman–Crippen MR) is 66.4 cm³/mol. The van der Waals surface area contributed by atoms with Gasteiger partial charge in [0.15, 0.2) is 0 Å². The van der Waals surface area contributed by atoms with E-state index in [-0.39, 0.29) is 11.7 Å². The van der Waals surface area contributed by atoms with E-state index in [0.717, 1.165) is 6.42 Å². The number of benzene rings is 1. The molecule has 0 aliphatic carbocycles. The van der Waals surface area contributed by atoms with E-state index in [1.54, 1.807) is 6.92 Å². The lowest BCUT2D eigenvalue weighted by Crippen LogP contribution is -2.51. The van der Waals surface area contributed by atoms with Gasteiger partial charge in [0, 0.05) is 17.6 Å². The Balaban J connectivity index is 2.90. The Kier molecular flexibility index (Phi) is 4.23. The third kappa shape index (κ3) is 3.27. The van der Waals surface area contributed by atoms with E-state index in [0.29, 0.717) is 17.7 Å². The zero-order valence-electron chi connectivity index (χ0n) is 10.5. The summed E-state index contributed by atoms with van der Waals surface area (Å²) < 4.78 is 12.9. The third-order valence-corrected chi connectivity index (χ3v) is 3.08. The number of nitrogens with one attached hydrogen (secondary N) is 1. The summed E-state index contributed by atoms with van der Waals surface area (Å²) in [6, 6.07) is 4.13. The molecule has 94 valence electrons. The van der Waals surface area contributed by atoms with Crippen LogP contribution in [0.3, 0.4) is 0 Å². The quantitative estimate of drug-likeness (QED) is 0.842. The molecule has 4 heteroatoms. The fourth-order valence-corrected chi connectivity index (χ4v) is 1.51. The van der Waals surface area contributed by atoms with Crippen LogP contribution in [0.2, 0.25) is 0 Å². The minimum atomic E-state index is -0.419. The summed E-state index contributed by atoms with van der Waals surface area (Å²) in [5.74, 6) is -0.548. The molecule has 0 aromatic heterocycles. The SMILES string of the molecule is CCC(C)(CN)NC(=O)c1ccc(F)cc1C. The fourth-order valence-electron chi connectivity index (χ4n) is 1.51. The second-order valence-corrected chi connectivity index (χ2v) is 4.53. The monoisotopic (exact) mass is 238 g/mol.